The Hall–Kier alpha value is -1.93. The number of nitrogens with zero attached hydrogens (tertiary/aromatic N) is 1. The molecule has 0 aliphatic heterocycles. The van der Waals surface area contributed by atoms with Crippen molar-refractivity contribution in [3.05, 3.63) is 65.3 Å². The van der Waals surface area contributed by atoms with Crippen molar-refractivity contribution < 1.29 is 0 Å². The Morgan fingerprint density at radius 3 is 2.59 bits per heavy atom. The van der Waals surface area contributed by atoms with Gasteiger partial charge in [0.25, 0.3) is 0 Å². The lowest BCUT2D eigenvalue weighted by molar-refractivity contribution is 1.32. The molecule has 0 saturated heterocycles. The topological polar surface area (TPSA) is 12.9 Å². The lowest BCUT2D eigenvalue weighted by Gasteiger charge is -1.89. The zero-order valence-corrected chi connectivity index (χ0v) is 10.0. The Morgan fingerprint density at radius 2 is 1.76 bits per heavy atom. The van der Waals surface area contributed by atoms with Crippen LogP contribution in [0.3, 0.4) is 0 Å². The highest BCUT2D eigenvalue weighted by Crippen LogP contribution is 2.26. The van der Waals surface area contributed by atoms with Crippen LogP contribution in [0.4, 0.5) is 0 Å². The molecule has 0 amide bonds. The molecule has 82 valence electrons. The monoisotopic (exact) mass is 237 g/mol. The van der Waals surface area contributed by atoms with Gasteiger partial charge in [0, 0.05) is 22.0 Å². The Labute approximate surface area is 104 Å². The Balaban J connectivity index is 1.92. The van der Waals surface area contributed by atoms with Gasteiger partial charge >= 0.3 is 0 Å². The smallest absolute Gasteiger partial charge is 0.0349 e. The Bertz CT molecular complexity index is 620. The first kappa shape index (κ1) is 10.2. The van der Waals surface area contributed by atoms with Gasteiger partial charge in [-0.3, -0.25) is 4.98 Å². The molecule has 2 heteroatoms. The van der Waals surface area contributed by atoms with E-state index in [9.17, 15) is 0 Å². The second kappa shape index (κ2) is 4.52. The first-order valence-corrected chi connectivity index (χ1v) is 6.30. The molecule has 0 saturated carbocycles. The molecule has 3 aromatic rings. The fraction of sp³-hybridized carbons (Fsp3) is 0. The van der Waals surface area contributed by atoms with Crippen LogP contribution in [-0.2, 0) is 0 Å². The van der Waals surface area contributed by atoms with E-state index in [1.165, 1.54) is 20.5 Å². The molecule has 0 atom stereocenters. The van der Waals surface area contributed by atoms with E-state index < -0.39 is 0 Å². The summed E-state index contributed by atoms with van der Waals surface area (Å²) in [7, 11) is 0. The molecule has 0 aliphatic rings. The minimum Gasteiger partial charge on any atom is -0.265 e. The number of pyridine rings is 1. The van der Waals surface area contributed by atoms with E-state index in [0.29, 0.717) is 0 Å². The standard InChI is InChI=1S/C15H11NS/c1-2-4-15-13(3-1)11-14(17-15)6-5-12-7-9-16-10-8-12/h1-11H/b6-5-. The summed E-state index contributed by atoms with van der Waals surface area (Å²) in [5.41, 5.74) is 1.18. The molecule has 17 heavy (non-hydrogen) atoms. The zero-order chi connectivity index (χ0) is 11.5. The minimum absolute atomic E-state index is 1.18. The SMILES string of the molecule is C(=C/c1cc2ccccc2s1)/c1ccncc1. The van der Waals surface area contributed by atoms with Gasteiger partial charge in [0.05, 0.1) is 0 Å². The number of rotatable bonds is 2. The highest BCUT2D eigenvalue weighted by Gasteiger charge is 1.97. The zero-order valence-electron chi connectivity index (χ0n) is 9.21. The van der Waals surface area contributed by atoms with Crippen LogP contribution < -0.4 is 0 Å². The maximum absolute atomic E-state index is 4.00. The second-order valence-corrected chi connectivity index (χ2v) is 4.92. The molecule has 1 aromatic carbocycles. The van der Waals surface area contributed by atoms with Crippen molar-refractivity contribution in [3.63, 3.8) is 0 Å². The van der Waals surface area contributed by atoms with E-state index in [1.807, 2.05) is 35.9 Å². The van der Waals surface area contributed by atoms with Crippen molar-refractivity contribution in [2.45, 2.75) is 0 Å². The number of thiophene rings is 1. The summed E-state index contributed by atoms with van der Waals surface area (Å²) in [4.78, 5) is 5.28. The van der Waals surface area contributed by atoms with E-state index >= 15 is 0 Å². The van der Waals surface area contributed by atoms with Crippen molar-refractivity contribution in [1.82, 2.24) is 4.98 Å². The molecule has 2 heterocycles. The highest BCUT2D eigenvalue weighted by atomic mass is 32.1. The lowest BCUT2D eigenvalue weighted by atomic mass is 10.2. The maximum Gasteiger partial charge on any atom is 0.0349 e. The Morgan fingerprint density at radius 1 is 0.941 bits per heavy atom. The molecule has 3 rings (SSSR count). The number of hydrogen-bond donors (Lipinski definition) is 0. The van der Waals surface area contributed by atoms with Crippen molar-refractivity contribution >= 4 is 33.6 Å². The molecular weight excluding hydrogens is 226 g/mol. The summed E-state index contributed by atoms with van der Waals surface area (Å²) >= 11 is 1.81. The van der Waals surface area contributed by atoms with Gasteiger partial charge in [0.2, 0.25) is 0 Å². The average Bonchev–Trinajstić information content (AvgIpc) is 2.80. The van der Waals surface area contributed by atoms with E-state index in [2.05, 4.69) is 47.5 Å². The summed E-state index contributed by atoms with van der Waals surface area (Å²) in [6, 6.07) is 14.7. The van der Waals surface area contributed by atoms with Gasteiger partial charge in [-0.05, 0) is 41.3 Å². The van der Waals surface area contributed by atoms with Gasteiger partial charge in [0.15, 0.2) is 0 Å². The summed E-state index contributed by atoms with van der Waals surface area (Å²) < 4.78 is 1.34. The summed E-state index contributed by atoms with van der Waals surface area (Å²) in [5, 5.41) is 1.31. The fourth-order valence-electron chi connectivity index (χ4n) is 1.74. The molecule has 1 nitrogen and oxygen atoms in total. The largest absolute Gasteiger partial charge is 0.265 e. The van der Waals surface area contributed by atoms with Crippen LogP contribution in [0.15, 0.2) is 54.9 Å². The molecule has 0 bridgehead atoms. The normalized spacial score (nSPS) is 11.3. The second-order valence-electron chi connectivity index (χ2n) is 3.80. The van der Waals surface area contributed by atoms with Crippen LogP contribution in [-0.4, -0.2) is 4.98 Å². The average molecular weight is 237 g/mol. The van der Waals surface area contributed by atoms with Gasteiger partial charge in [0.1, 0.15) is 0 Å². The quantitative estimate of drug-likeness (QED) is 0.641. The van der Waals surface area contributed by atoms with Gasteiger partial charge in [-0.25, -0.2) is 0 Å². The molecule has 0 N–H and O–H groups in total. The first-order valence-electron chi connectivity index (χ1n) is 5.48. The van der Waals surface area contributed by atoms with Crippen LogP contribution in [0.5, 0.6) is 0 Å². The number of hydrogen-bond acceptors (Lipinski definition) is 2. The summed E-state index contributed by atoms with van der Waals surface area (Å²) in [6.45, 7) is 0. The number of fused-ring (bicyclic) bond motifs is 1. The third kappa shape index (κ3) is 2.27. The van der Waals surface area contributed by atoms with Crippen LogP contribution in [0, 0.1) is 0 Å². The van der Waals surface area contributed by atoms with Crippen LogP contribution in [0.2, 0.25) is 0 Å². The Kier molecular flexibility index (Phi) is 2.72. The number of aromatic nitrogens is 1. The van der Waals surface area contributed by atoms with E-state index in [-0.39, 0.29) is 0 Å². The van der Waals surface area contributed by atoms with E-state index in [1.54, 1.807) is 0 Å². The molecule has 0 fully saturated rings. The van der Waals surface area contributed by atoms with Crippen LogP contribution in [0.25, 0.3) is 22.2 Å². The van der Waals surface area contributed by atoms with Crippen molar-refractivity contribution in [3.8, 4) is 0 Å². The minimum atomic E-state index is 1.18. The van der Waals surface area contributed by atoms with Gasteiger partial charge in [-0.15, -0.1) is 11.3 Å². The van der Waals surface area contributed by atoms with Crippen molar-refractivity contribution in [1.29, 1.82) is 0 Å². The van der Waals surface area contributed by atoms with Crippen LogP contribution >= 0.6 is 11.3 Å². The molecular formula is C15H11NS. The predicted molar refractivity (Wildman–Crippen MR) is 75.0 cm³/mol. The van der Waals surface area contributed by atoms with E-state index in [0.717, 1.165) is 0 Å². The van der Waals surface area contributed by atoms with Gasteiger partial charge < -0.3 is 0 Å². The molecule has 0 aliphatic carbocycles. The van der Waals surface area contributed by atoms with Gasteiger partial charge in [-0.1, -0.05) is 24.3 Å². The lowest BCUT2D eigenvalue weighted by Crippen LogP contribution is -1.71. The fourth-order valence-corrected chi connectivity index (χ4v) is 2.70. The summed E-state index contributed by atoms with van der Waals surface area (Å²) in [6.07, 6.45) is 7.89. The predicted octanol–water partition coefficient (Wildman–Crippen LogP) is 4.47. The number of benzene rings is 1. The van der Waals surface area contributed by atoms with Gasteiger partial charge in [-0.2, -0.15) is 0 Å². The van der Waals surface area contributed by atoms with Crippen molar-refractivity contribution in [2.75, 3.05) is 0 Å². The molecule has 0 spiro atoms. The third-order valence-electron chi connectivity index (χ3n) is 2.59. The molecule has 0 unspecified atom stereocenters. The van der Waals surface area contributed by atoms with Crippen LogP contribution in [0.1, 0.15) is 10.4 Å². The molecule has 2 aromatic heterocycles. The first-order chi connectivity index (χ1) is 8.42. The summed E-state index contributed by atoms with van der Waals surface area (Å²) in [5.74, 6) is 0. The molecule has 0 radical (unpaired) electrons. The highest BCUT2D eigenvalue weighted by molar-refractivity contribution is 7.19. The maximum atomic E-state index is 4.00. The van der Waals surface area contributed by atoms with E-state index in [4.69, 9.17) is 0 Å². The van der Waals surface area contributed by atoms with Crippen molar-refractivity contribution in [2.24, 2.45) is 0 Å². The third-order valence-corrected chi connectivity index (χ3v) is 3.67.